The molecule has 0 aliphatic rings. The van der Waals surface area contributed by atoms with E-state index in [1.165, 1.54) is 0 Å². The summed E-state index contributed by atoms with van der Waals surface area (Å²) in [5.74, 6) is -1.04. The van der Waals surface area contributed by atoms with E-state index in [0.29, 0.717) is 12.1 Å². The van der Waals surface area contributed by atoms with E-state index in [4.69, 9.17) is 5.11 Å². The smallest absolute Gasteiger partial charge is 0.326 e. The van der Waals surface area contributed by atoms with E-state index >= 15 is 0 Å². The summed E-state index contributed by atoms with van der Waals surface area (Å²) in [6.07, 6.45) is 0.334. The Bertz CT molecular complexity index is 480. The molecule has 3 N–H and O–H groups in total. The summed E-state index contributed by atoms with van der Waals surface area (Å²) in [7, 11) is 0. The normalized spacial score (nSPS) is 11.8. The molecule has 1 atom stereocenters. The zero-order valence-corrected chi connectivity index (χ0v) is 12.7. The highest BCUT2D eigenvalue weighted by Crippen LogP contribution is 2.24. The van der Waals surface area contributed by atoms with Gasteiger partial charge in [-0.1, -0.05) is 22.9 Å². The molecule has 1 aromatic rings. The Morgan fingerprint density at radius 1 is 1.32 bits per heavy atom. The number of carboxylic acids is 1. The maximum Gasteiger partial charge on any atom is 0.326 e. The van der Waals surface area contributed by atoms with E-state index in [1.54, 1.807) is 6.92 Å². The van der Waals surface area contributed by atoms with Crippen molar-refractivity contribution in [3.8, 4) is 0 Å². The third-order valence-corrected chi connectivity index (χ3v) is 3.21. The SMILES string of the molecule is CCC(NC(=O)Nc1c(C)cc(Br)cc1C)C(=O)O. The van der Waals surface area contributed by atoms with Gasteiger partial charge in [0.2, 0.25) is 0 Å². The summed E-state index contributed by atoms with van der Waals surface area (Å²) in [4.78, 5) is 22.6. The van der Waals surface area contributed by atoms with Gasteiger partial charge >= 0.3 is 12.0 Å². The van der Waals surface area contributed by atoms with Gasteiger partial charge in [-0.2, -0.15) is 0 Å². The number of aliphatic carboxylic acids is 1. The van der Waals surface area contributed by atoms with Crippen LogP contribution in [0.5, 0.6) is 0 Å². The fraction of sp³-hybridized carbons (Fsp3) is 0.385. The summed E-state index contributed by atoms with van der Waals surface area (Å²) >= 11 is 3.38. The fourth-order valence-electron chi connectivity index (χ4n) is 1.75. The molecule has 0 spiro atoms. The molecule has 0 saturated carbocycles. The van der Waals surface area contributed by atoms with E-state index < -0.39 is 18.0 Å². The monoisotopic (exact) mass is 328 g/mol. The van der Waals surface area contributed by atoms with Crippen molar-refractivity contribution in [3.63, 3.8) is 0 Å². The van der Waals surface area contributed by atoms with Crippen molar-refractivity contribution in [1.82, 2.24) is 5.32 Å². The van der Waals surface area contributed by atoms with Crippen LogP contribution >= 0.6 is 15.9 Å². The number of hydrogen-bond donors (Lipinski definition) is 3. The number of rotatable bonds is 4. The molecule has 1 unspecified atom stereocenters. The molecule has 2 amide bonds. The van der Waals surface area contributed by atoms with Gasteiger partial charge in [0.25, 0.3) is 0 Å². The lowest BCUT2D eigenvalue weighted by Gasteiger charge is -2.16. The summed E-state index contributed by atoms with van der Waals surface area (Å²) < 4.78 is 0.936. The third-order valence-electron chi connectivity index (χ3n) is 2.75. The Balaban J connectivity index is 2.80. The Morgan fingerprint density at radius 3 is 2.26 bits per heavy atom. The average Bonchev–Trinajstić information content (AvgIpc) is 2.30. The van der Waals surface area contributed by atoms with Crippen LogP contribution in [0.4, 0.5) is 10.5 Å². The molecular weight excluding hydrogens is 312 g/mol. The largest absolute Gasteiger partial charge is 0.480 e. The molecule has 0 aliphatic carbocycles. The summed E-state index contributed by atoms with van der Waals surface area (Å²) in [6.45, 7) is 5.46. The number of carboxylic acid groups (broad SMARTS) is 1. The number of anilines is 1. The minimum Gasteiger partial charge on any atom is -0.480 e. The van der Waals surface area contributed by atoms with E-state index in [9.17, 15) is 9.59 Å². The second kappa shape index (κ2) is 6.56. The van der Waals surface area contributed by atoms with Gasteiger partial charge in [-0.15, -0.1) is 0 Å². The van der Waals surface area contributed by atoms with Gasteiger partial charge in [-0.05, 0) is 43.5 Å². The number of halogens is 1. The summed E-state index contributed by atoms with van der Waals surface area (Å²) in [5.41, 5.74) is 2.51. The number of carbonyl (C=O) groups excluding carboxylic acids is 1. The lowest BCUT2D eigenvalue weighted by atomic mass is 10.1. The fourth-order valence-corrected chi connectivity index (χ4v) is 2.44. The maximum absolute atomic E-state index is 11.8. The van der Waals surface area contributed by atoms with Gasteiger partial charge in [-0.3, -0.25) is 0 Å². The van der Waals surface area contributed by atoms with Crippen LogP contribution in [0.1, 0.15) is 24.5 Å². The van der Waals surface area contributed by atoms with Crippen LogP contribution in [0, 0.1) is 13.8 Å². The van der Waals surface area contributed by atoms with Gasteiger partial charge in [0.05, 0.1) is 0 Å². The summed E-state index contributed by atoms with van der Waals surface area (Å²) in [6, 6.07) is 2.38. The van der Waals surface area contributed by atoms with Crippen molar-refractivity contribution in [3.05, 3.63) is 27.7 Å². The molecule has 1 aromatic carbocycles. The molecule has 19 heavy (non-hydrogen) atoms. The number of hydrogen-bond acceptors (Lipinski definition) is 2. The molecule has 0 aromatic heterocycles. The first-order chi connectivity index (χ1) is 8.85. The number of aryl methyl sites for hydroxylation is 2. The highest BCUT2D eigenvalue weighted by molar-refractivity contribution is 9.10. The maximum atomic E-state index is 11.8. The number of benzene rings is 1. The van der Waals surface area contributed by atoms with Crippen molar-refractivity contribution in [2.45, 2.75) is 33.2 Å². The van der Waals surface area contributed by atoms with Gasteiger partial charge in [0.1, 0.15) is 6.04 Å². The third kappa shape index (κ3) is 4.24. The number of amides is 2. The van der Waals surface area contributed by atoms with Crippen LogP contribution in [-0.2, 0) is 4.79 Å². The predicted octanol–water partition coefficient (Wildman–Crippen LogP) is 3.05. The second-order valence-corrected chi connectivity index (χ2v) is 5.23. The minimum atomic E-state index is -1.04. The quantitative estimate of drug-likeness (QED) is 0.794. The van der Waals surface area contributed by atoms with E-state index in [1.807, 2.05) is 26.0 Å². The van der Waals surface area contributed by atoms with E-state index in [-0.39, 0.29) is 0 Å². The lowest BCUT2D eigenvalue weighted by molar-refractivity contribution is -0.139. The Morgan fingerprint density at radius 2 is 1.84 bits per heavy atom. The van der Waals surface area contributed by atoms with Crippen LogP contribution in [0.25, 0.3) is 0 Å². The number of carbonyl (C=O) groups is 2. The first kappa shape index (κ1) is 15.5. The Labute approximate surface area is 120 Å². The highest BCUT2D eigenvalue weighted by Gasteiger charge is 2.18. The molecule has 0 heterocycles. The topological polar surface area (TPSA) is 78.4 Å². The second-order valence-electron chi connectivity index (χ2n) is 4.31. The molecule has 0 saturated heterocycles. The molecule has 0 bridgehead atoms. The predicted molar refractivity (Wildman–Crippen MR) is 77.5 cm³/mol. The average molecular weight is 329 g/mol. The highest BCUT2D eigenvalue weighted by atomic mass is 79.9. The van der Waals surface area contributed by atoms with Gasteiger partial charge in [0, 0.05) is 10.2 Å². The summed E-state index contributed by atoms with van der Waals surface area (Å²) in [5, 5.41) is 14.0. The molecule has 6 heteroatoms. The van der Waals surface area contributed by atoms with Crippen LogP contribution < -0.4 is 10.6 Å². The van der Waals surface area contributed by atoms with Crippen molar-refractivity contribution in [2.24, 2.45) is 0 Å². The number of urea groups is 1. The van der Waals surface area contributed by atoms with Gasteiger partial charge in [-0.25, -0.2) is 9.59 Å². The molecule has 0 radical (unpaired) electrons. The van der Waals surface area contributed by atoms with Crippen molar-refractivity contribution < 1.29 is 14.7 Å². The number of nitrogens with one attached hydrogen (secondary N) is 2. The van der Waals surface area contributed by atoms with Crippen molar-refractivity contribution in [1.29, 1.82) is 0 Å². The van der Waals surface area contributed by atoms with Crippen LogP contribution in [-0.4, -0.2) is 23.1 Å². The van der Waals surface area contributed by atoms with Gasteiger partial charge < -0.3 is 15.7 Å². The molecule has 0 fully saturated rings. The molecule has 5 nitrogen and oxygen atoms in total. The van der Waals surface area contributed by atoms with E-state index in [2.05, 4.69) is 26.6 Å². The van der Waals surface area contributed by atoms with E-state index in [0.717, 1.165) is 15.6 Å². The molecular formula is C13H17BrN2O3. The van der Waals surface area contributed by atoms with Crippen LogP contribution in [0.3, 0.4) is 0 Å². The Kier molecular flexibility index (Phi) is 5.35. The van der Waals surface area contributed by atoms with Crippen molar-refractivity contribution >= 4 is 33.6 Å². The molecule has 0 aliphatic heterocycles. The van der Waals surface area contributed by atoms with Gasteiger partial charge in [0.15, 0.2) is 0 Å². The standard InChI is InChI=1S/C13H17BrN2O3/c1-4-10(12(17)18)15-13(19)16-11-7(2)5-9(14)6-8(11)3/h5-6,10H,4H2,1-3H3,(H,17,18)(H2,15,16,19). The first-order valence-electron chi connectivity index (χ1n) is 5.92. The van der Waals surface area contributed by atoms with Crippen LogP contribution in [0.2, 0.25) is 0 Å². The zero-order valence-electron chi connectivity index (χ0n) is 11.1. The molecule has 1 rings (SSSR count). The zero-order chi connectivity index (χ0) is 14.6. The van der Waals surface area contributed by atoms with Crippen LogP contribution in [0.15, 0.2) is 16.6 Å². The first-order valence-corrected chi connectivity index (χ1v) is 6.71. The minimum absolute atomic E-state index is 0.334. The molecule has 104 valence electrons. The lowest BCUT2D eigenvalue weighted by Crippen LogP contribution is -2.42. The Hall–Kier alpha value is -1.56. The van der Waals surface area contributed by atoms with Crippen molar-refractivity contribution in [2.75, 3.05) is 5.32 Å².